The van der Waals surface area contributed by atoms with E-state index in [4.69, 9.17) is 10.2 Å². The van der Waals surface area contributed by atoms with Crippen LogP contribution in [0.4, 0.5) is 5.95 Å². The number of aromatic nitrogens is 5. The van der Waals surface area contributed by atoms with Crippen LogP contribution in [0.5, 0.6) is 0 Å². The monoisotopic (exact) mass is 244 g/mol. The molecule has 3 rings (SSSR count). The van der Waals surface area contributed by atoms with Gasteiger partial charge >= 0.3 is 0 Å². The van der Waals surface area contributed by atoms with E-state index < -0.39 is 0 Å². The van der Waals surface area contributed by atoms with Crippen molar-refractivity contribution >= 4 is 5.95 Å². The number of nitrogens with two attached hydrogens (primary N) is 1. The summed E-state index contributed by atoms with van der Waals surface area (Å²) in [6, 6.07) is 3.78. The van der Waals surface area contributed by atoms with Crippen molar-refractivity contribution in [3.05, 3.63) is 47.9 Å². The molecule has 0 amide bonds. The fourth-order valence-electron chi connectivity index (χ4n) is 1.91. The molecular formula is C11H12N6O. The third-order valence-electron chi connectivity index (χ3n) is 2.77. The molecule has 0 aliphatic carbocycles. The molecule has 0 aliphatic heterocycles. The van der Waals surface area contributed by atoms with Crippen LogP contribution < -0.4 is 5.73 Å². The zero-order valence-electron chi connectivity index (χ0n) is 9.50. The van der Waals surface area contributed by atoms with Crippen LogP contribution in [0.1, 0.15) is 23.1 Å². The number of H-pyrrole nitrogens is 2. The summed E-state index contributed by atoms with van der Waals surface area (Å²) in [5.74, 6) is 1.24. The van der Waals surface area contributed by atoms with E-state index in [0.717, 1.165) is 17.1 Å². The maximum absolute atomic E-state index is 5.61. The molecule has 4 N–H and O–H groups in total. The minimum Gasteiger partial charge on any atom is -0.469 e. The van der Waals surface area contributed by atoms with Crippen molar-refractivity contribution in [2.45, 2.75) is 12.3 Å². The second-order valence-corrected chi connectivity index (χ2v) is 3.95. The van der Waals surface area contributed by atoms with Crippen LogP contribution in [0.25, 0.3) is 0 Å². The summed E-state index contributed by atoms with van der Waals surface area (Å²) in [6.45, 7) is 0. The molecule has 0 saturated heterocycles. The molecule has 0 radical (unpaired) electrons. The molecule has 0 spiro atoms. The van der Waals surface area contributed by atoms with Crippen LogP contribution in [-0.2, 0) is 6.42 Å². The number of nitrogen functional groups attached to an aromatic ring is 1. The fourth-order valence-corrected chi connectivity index (χ4v) is 1.91. The van der Waals surface area contributed by atoms with Gasteiger partial charge < -0.3 is 15.1 Å². The average Bonchev–Trinajstić information content (AvgIpc) is 3.09. The van der Waals surface area contributed by atoms with Crippen LogP contribution >= 0.6 is 0 Å². The lowest BCUT2D eigenvalue weighted by molar-refractivity contribution is 0.494. The molecule has 0 aliphatic rings. The molecule has 3 aromatic rings. The van der Waals surface area contributed by atoms with Gasteiger partial charge in [-0.1, -0.05) is 0 Å². The first-order chi connectivity index (χ1) is 8.83. The number of hydrogen-bond acceptors (Lipinski definition) is 5. The molecule has 0 fully saturated rings. The Morgan fingerprint density at radius 1 is 1.39 bits per heavy atom. The standard InChI is InChI=1S/C11H12N6O/c12-11-13-5-9(15-11)8(10-6-14-17-16-10)4-7-2-1-3-18-7/h1-3,5-6,8H,4H2,(H3,12,13,15)(H,14,16,17). The number of nitrogens with one attached hydrogen (secondary N) is 2. The van der Waals surface area contributed by atoms with Gasteiger partial charge in [0, 0.05) is 12.1 Å². The smallest absolute Gasteiger partial charge is 0.197 e. The first kappa shape index (κ1) is 10.6. The number of rotatable bonds is 4. The quantitative estimate of drug-likeness (QED) is 0.636. The fraction of sp³-hybridized carbons (Fsp3) is 0.182. The predicted molar refractivity (Wildman–Crippen MR) is 63.6 cm³/mol. The van der Waals surface area contributed by atoms with Gasteiger partial charge in [0.25, 0.3) is 0 Å². The third kappa shape index (κ3) is 1.97. The number of imidazole rings is 1. The van der Waals surface area contributed by atoms with Crippen molar-refractivity contribution in [3.8, 4) is 0 Å². The van der Waals surface area contributed by atoms with Gasteiger partial charge in [0.15, 0.2) is 5.95 Å². The molecule has 3 aromatic heterocycles. The van der Waals surface area contributed by atoms with Gasteiger partial charge in [0.1, 0.15) is 5.76 Å². The predicted octanol–water partition coefficient (Wildman–Crippen LogP) is 1.08. The van der Waals surface area contributed by atoms with Gasteiger partial charge in [-0.05, 0) is 12.1 Å². The Labute approximate surface area is 102 Å². The third-order valence-corrected chi connectivity index (χ3v) is 2.77. The number of anilines is 1. The molecule has 0 saturated carbocycles. The number of hydrogen-bond donors (Lipinski definition) is 3. The van der Waals surface area contributed by atoms with E-state index in [2.05, 4.69) is 25.4 Å². The molecule has 7 nitrogen and oxygen atoms in total. The molecular weight excluding hydrogens is 232 g/mol. The highest BCUT2D eigenvalue weighted by Crippen LogP contribution is 2.25. The molecule has 0 aromatic carbocycles. The van der Waals surface area contributed by atoms with Gasteiger partial charge in [-0.3, -0.25) is 0 Å². The summed E-state index contributed by atoms with van der Waals surface area (Å²) in [5, 5.41) is 10.6. The lowest BCUT2D eigenvalue weighted by atomic mass is 9.97. The summed E-state index contributed by atoms with van der Waals surface area (Å²) < 4.78 is 5.37. The van der Waals surface area contributed by atoms with E-state index in [1.54, 1.807) is 18.7 Å². The largest absolute Gasteiger partial charge is 0.469 e. The van der Waals surface area contributed by atoms with Crippen molar-refractivity contribution in [1.82, 2.24) is 25.4 Å². The van der Waals surface area contributed by atoms with Crippen LogP contribution in [0.15, 0.2) is 35.2 Å². The van der Waals surface area contributed by atoms with Gasteiger partial charge in [0.2, 0.25) is 0 Å². The first-order valence-corrected chi connectivity index (χ1v) is 5.51. The van der Waals surface area contributed by atoms with Crippen molar-refractivity contribution < 1.29 is 4.42 Å². The molecule has 18 heavy (non-hydrogen) atoms. The van der Waals surface area contributed by atoms with Crippen molar-refractivity contribution in [3.63, 3.8) is 0 Å². The lowest BCUT2D eigenvalue weighted by Gasteiger charge is -2.10. The Bertz CT molecular complexity index is 597. The second kappa shape index (κ2) is 4.36. The summed E-state index contributed by atoms with van der Waals surface area (Å²) >= 11 is 0. The van der Waals surface area contributed by atoms with E-state index in [1.165, 1.54) is 0 Å². The highest BCUT2D eigenvalue weighted by molar-refractivity contribution is 5.27. The van der Waals surface area contributed by atoms with Crippen LogP contribution in [0.3, 0.4) is 0 Å². The van der Waals surface area contributed by atoms with E-state index in [9.17, 15) is 0 Å². The van der Waals surface area contributed by atoms with E-state index in [-0.39, 0.29) is 5.92 Å². The zero-order chi connectivity index (χ0) is 12.4. The maximum Gasteiger partial charge on any atom is 0.197 e. The van der Waals surface area contributed by atoms with E-state index in [1.807, 2.05) is 12.1 Å². The van der Waals surface area contributed by atoms with Gasteiger partial charge in [0.05, 0.1) is 30.3 Å². The second-order valence-electron chi connectivity index (χ2n) is 3.95. The Kier molecular flexibility index (Phi) is 2.56. The molecule has 1 unspecified atom stereocenters. The van der Waals surface area contributed by atoms with Gasteiger partial charge in [-0.15, -0.1) is 0 Å². The van der Waals surface area contributed by atoms with Crippen LogP contribution in [-0.4, -0.2) is 25.4 Å². The average molecular weight is 244 g/mol. The number of nitrogens with zero attached hydrogens (tertiary/aromatic N) is 3. The highest BCUT2D eigenvalue weighted by Gasteiger charge is 2.20. The van der Waals surface area contributed by atoms with Crippen molar-refractivity contribution in [2.24, 2.45) is 0 Å². The van der Waals surface area contributed by atoms with Crippen LogP contribution in [0.2, 0.25) is 0 Å². The SMILES string of the molecule is Nc1ncc(C(Cc2ccco2)c2cn[nH]n2)[nH]1. The minimum atomic E-state index is -0.0142. The van der Waals surface area contributed by atoms with Gasteiger partial charge in [-0.2, -0.15) is 15.4 Å². The zero-order valence-corrected chi connectivity index (χ0v) is 9.50. The molecule has 7 heteroatoms. The summed E-state index contributed by atoms with van der Waals surface area (Å²) in [5.41, 5.74) is 7.31. The van der Waals surface area contributed by atoms with Crippen molar-refractivity contribution in [2.75, 3.05) is 5.73 Å². The molecule has 3 heterocycles. The molecule has 0 bridgehead atoms. The first-order valence-electron chi connectivity index (χ1n) is 5.51. The summed E-state index contributed by atoms with van der Waals surface area (Å²) in [4.78, 5) is 7.03. The van der Waals surface area contributed by atoms with Gasteiger partial charge in [-0.25, -0.2) is 4.98 Å². The van der Waals surface area contributed by atoms with Crippen molar-refractivity contribution in [1.29, 1.82) is 0 Å². The van der Waals surface area contributed by atoms with E-state index in [0.29, 0.717) is 12.4 Å². The topological polar surface area (TPSA) is 109 Å². The van der Waals surface area contributed by atoms with E-state index >= 15 is 0 Å². The number of aromatic amines is 2. The Morgan fingerprint density at radius 3 is 2.94 bits per heavy atom. The maximum atomic E-state index is 5.61. The molecule has 92 valence electrons. The lowest BCUT2D eigenvalue weighted by Crippen LogP contribution is -2.06. The van der Waals surface area contributed by atoms with Crippen LogP contribution in [0, 0.1) is 0 Å². The summed E-state index contributed by atoms with van der Waals surface area (Å²) in [6.07, 6.45) is 5.71. The molecule has 1 atom stereocenters. The minimum absolute atomic E-state index is 0.0142. The number of furan rings is 1. The Morgan fingerprint density at radius 2 is 2.33 bits per heavy atom. The summed E-state index contributed by atoms with van der Waals surface area (Å²) in [7, 11) is 0. The Balaban J connectivity index is 1.93. The highest BCUT2D eigenvalue weighted by atomic mass is 16.3. The Hall–Kier alpha value is -2.57. The normalized spacial score (nSPS) is 12.7.